The Hall–Kier alpha value is -3.15. The van der Waals surface area contributed by atoms with Crippen LogP contribution in [0, 0.1) is 6.92 Å². The lowest BCUT2D eigenvalue weighted by atomic mass is 10.0. The standard InChI is InChI=1S/C22H28N6/c1-4-23-22(25-15-18(3)20-8-6-17(2)7-9-20)26-16-19-10-12-24-21(14-19)28-13-5-11-27-28/h5-14,18H,4,15-16H2,1-3H3,(H2,23,25,26). The van der Waals surface area contributed by atoms with Gasteiger partial charge in [-0.3, -0.25) is 0 Å². The van der Waals surface area contributed by atoms with Crippen LogP contribution in [0.15, 0.2) is 66.0 Å². The van der Waals surface area contributed by atoms with Crippen LogP contribution in [0.2, 0.25) is 0 Å². The molecule has 0 fully saturated rings. The molecular formula is C22H28N6. The van der Waals surface area contributed by atoms with Crippen LogP contribution in [0.5, 0.6) is 0 Å². The Bertz CT molecular complexity index is 884. The molecule has 1 unspecified atom stereocenters. The number of aliphatic imine (C=N–C) groups is 1. The van der Waals surface area contributed by atoms with Crippen molar-refractivity contribution in [1.29, 1.82) is 0 Å². The molecule has 2 N–H and O–H groups in total. The van der Waals surface area contributed by atoms with Gasteiger partial charge in [-0.1, -0.05) is 36.8 Å². The van der Waals surface area contributed by atoms with Crippen LogP contribution in [0.4, 0.5) is 0 Å². The molecule has 0 saturated heterocycles. The van der Waals surface area contributed by atoms with E-state index in [1.54, 1.807) is 17.1 Å². The first-order chi connectivity index (χ1) is 13.7. The number of pyridine rings is 1. The lowest BCUT2D eigenvalue weighted by molar-refractivity contribution is 0.699. The van der Waals surface area contributed by atoms with Gasteiger partial charge in [0.25, 0.3) is 0 Å². The van der Waals surface area contributed by atoms with E-state index in [-0.39, 0.29) is 0 Å². The third-order valence-electron chi connectivity index (χ3n) is 4.54. The SMILES string of the molecule is CCNC(=NCc1ccnc(-n2cccn2)c1)NCC(C)c1ccc(C)cc1. The second-order valence-electron chi connectivity index (χ2n) is 6.86. The highest BCUT2D eigenvalue weighted by molar-refractivity contribution is 5.79. The fraction of sp³-hybridized carbons (Fsp3) is 0.318. The molecular weight excluding hydrogens is 348 g/mol. The first kappa shape index (κ1) is 19.6. The molecule has 0 saturated carbocycles. The van der Waals surface area contributed by atoms with Gasteiger partial charge in [0, 0.05) is 31.7 Å². The maximum absolute atomic E-state index is 4.72. The monoisotopic (exact) mass is 376 g/mol. The van der Waals surface area contributed by atoms with Crippen molar-refractivity contribution in [3.05, 3.63) is 77.7 Å². The Kier molecular flexibility index (Phi) is 6.78. The maximum atomic E-state index is 4.72. The lowest BCUT2D eigenvalue weighted by Crippen LogP contribution is -2.39. The van der Waals surface area contributed by atoms with E-state index < -0.39 is 0 Å². The zero-order chi connectivity index (χ0) is 19.8. The summed E-state index contributed by atoms with van der Waals surface area (Å²) in [6, 6.07) is 14.6. The highest BCUT2D eigenvalue weighted by Gasteiger charge is 2.07. The molecule has 0 aliphatic heterocycles. The number of nitrogens with zero attached hydrogens (tertiary/aromatic N) is 4. The summed E-state index contributed by atoms with van der Waals surface area (Å²) >= 11 is 0. The number of hydrogen-bond acceptors (Lipinski definition) is 3. The molecule has 3 rings (SSSR count). The van der Waals surface area contributed by atoms with Gasteiger partial charge in [-0.05, 0) is 49.1 Å². The van der Waals surface area contributed by atoms with Crippen LogP contribution in [0.3, 0.4) is 0 Å². The molecule has 0 amide bonds. The van der Waals surface area contributed by atoms with Gasteiger partial charge in [-0.25, -0.2) is 14.7 Å². The van der Waals surface area contributed by atoms with Crippen molar-refractivity contribution in [2.75, 3.05) is 13.1 Å². The molecule has 0 bridgehead atoms. The largest absolute Gasteiger partial charge is 0.357 e. The molecule has 1 aromatic carbocycles. The van der Waals surface area contributed by atoms with E-state index in [1.807, 2.05) is 24.4 Å². The van der Waals surface area contributed by atoms with Gasteiger partial charge >= 0.3 is 0 Å². The Morgan fingerprint density at radius 2 is 1.96 bits per heavy atom. The molecule has 28 heavy (non-hydrogen) atoms. The second kappa shape index (κ2) is 9.69. The van der Waals surface area contributed by atoms with Crippen molar-refractivity contribution >= 4 is 5.96 Å². The molecule has 0 aliphatic rings. The highest BCUT2D eigenvalue weighted by atomic mass is 15.3. The summed E-state index contributed by atoms with van der Waals surface area (Å²) in [7, 11) is 0. The van der Waals surface area contributed by atoms with Gasteiger partial charge in [0.05, 0.1) is 6.54 Å². The number of nitrogens with one attached hydrogen (secondary N) is 2. The number of guanidine groups is 1. The third kappa shape index (κ3) is 5.42. The van der Waals surface area contributed by atoms with Crippen LogP contribution in [-0.2, 0) is 6.54 Å². The lowest BCUT2D eigenvalue weighted by Gasteiger charge is -2.16. The molecule has 146 valence electrons. The first-order valence-corrected chi connectivity index (χ1v) is 9.69. The van der Waals surface area contributed by atoms with E-state index in [0.29, 0.717) is 12.5 Å². The van der Waals surface area contributed by atoms with Crippen molar-refractivity contribution in [1.82, 2.24) is 25.4 Å². The van der Waals surface area contributed by atoms with Crippen molar-refractivity contribution < 1.29 is 0 Å². The highest BCUT2D eigenvalue weighted by Crippen LogP contribution is 2.14. The van der Waals surface area contributed by atoms with E-state index in [2.05, 4.69) is 65.8 Å². The Labute approximate surface area is 166 Å². The summed E-state index contributed by atoms with van der Waals surface area (Å²) in [6.07, 6.45) is 5.42. The Morgan fingerprint density at radius 3 is 2.68 bits per heavy atom. The van der Waals surface area contributed by atoms with Crippen molar-refractivity contribution in [3.63, 3.8) is 0 Å². The summed E-state index contributed by atoms with van der Waals surface area (Å²) in [5.41, 5.74) is 3.70. The van der Waals surface area contributed by atoms with Gasteiger partial charge < -0.3 is 10.6 Å². The van der Waals surface area contributed by atoms with Gasteiger partial charge in [0.1, 0.15) is 0 Å². The van der Waals surface area contributed by atoms with Gasteiger partial charge in [0.2, 0.25) is 0 Å². The summed E-state index contributed by atoms with van der Waals surface area (Å²) in [5.74, 6) is 2.01. The van der Waals surface area contributed by atoms with E-state index >= 15 is 0 Å². The van der Waals surface area contributed by atoms with Crippen molar-refractivity contribution in [2.45, 2.75) is 33.2 Å². The Morgan fingerprint density at radius 1 is 1.14 bits per heavy atom. The zero-order valence-corrected chi connectivity index (χ0v) is 16.8. The maximum Gasteiger partial charge on any atom is 0.191 e. The summed E-state index contributed by atoms with van der Waals surface area (Å²) in [5, 5.41) is 11.0. The summed E-state index contributed by atoms with van der Waals surface area (Å²) in [4.78, 5) is 9.09. The quantitative estimate of drug-likeness (QED) is 0.490. The smallest absolute Gasteiger partial charge is 0.191 e. The molecule has 6 nitrogen and oxygen atoms in total. The number of rotatable bonds is 7. The normalized spacial score (nSPS) is 12.6. The molecule has 3 aromatic rings. The van der Waals surface area contributed by atoms with Crippen molar-refractivity contribution in [2.24, 2.45) is 4.99 Å². The van der Waals surface area contributed by atoms with E-state index in [9.17, 15) is 0 Å². The van der Waals surface area contributed by atoms with Gasteiger partial charge in [-0.15, -0.1) is 0 Å². The third-order valence-corrected chi connectivity index (χ3v) is 4.54. The van der Waals surface area contributed by atoms with E-state index in [4.69, 9.17) is 4.99 Å². The number of benzene rings is 1. The van der Waals surface area contributed by atoms with Crippen molar-refractivity contribution in [3.8, 4) is 5.82 Å². The zero-order valence-electron chi connectivity index (χ0n) is 16.8. The molecule has 2 heterocycles. The van der Waals surface area contributed by atoms with Crippen LogP contribution < -0.4 is 10.6 Å². The number of aryl methyl sites for hydroxylation is 1. The fourth-order valence-corrected chi connectivity index (χ4v) is 2.86. The molecule has 0 spiro atoms. The minimum absolute atomic E-state index is 0.400. The van der Waals surface area contributed by atoms with E-state index in [0.717, 1.165) is 30.4 Å². The van der Waals surface area contributed by atoms with Crippen LogP contribution in [0.25, 0.3) is 5.82 Å². The molecule has 1 atom stereocenters. The fourth-order valence-electron chi connectivity index (χ4n) is 2.86. The predicted molar refractivity (Wildman–Crippen MR) is 114 cm³/mol. The molecule has 6 heteroatoms. The first-order valence-electron chi connectivity index (χ1n) is 9.69. The summed E-state index contributed by atoms with van der Waals surface area (Å²) in [6.45, 7) is 8.62. The Balaban J connectivity index is 1.62. The second-order valence-corrected chi connectivity index (χ2v) is 6.86. The topological polar surface area (TPSA) is 67.1 Å². The number of aromatic nitrogens is 3. The molecule has 0 radical (unpaired) electrons. The summed E-state index contributed by atoms with van der Waals surface area (Å²) < 4.78 is 1.75. The number of hydrogen-bond donors (Lipinski definition) is 2. The van der Waals surface area contributed by atoms with Crippen LogP contribution in [0.1, 0.15) is 36.5 Å². The minimum Gasteiger partial charge on any atom is -0.357 e. The van der Waals surface area contributed by atoms with Crippen LogP contribution >= 0.6 is 0 Å². The average molecular weight is 377 g/mol. The minimum atomic E-state index is 0.400. The molecule has 2 aromatic heterocycles. The predicted octanol–water partition coefficient (Wildman–Crippen LogP) is 3.43. The van der Waals surface area contributed by atoms with Gasteiger partial charge in [-0.2, -0.15) is 5.10 Å². The average Bonchev–Trinajstić information content (AvgIpc) is 3.25. The van der Waals surface area contributed by atoms with Gasteiger partial charge in [0.15, 0.2) is 11.8 Å². The van der Waals surface area contributed by atoms with Crippen LogP contribution in [-0.4, -0.2) is 33.8 Å². The molecule has 0 aliphatic carbocycles. The van der Waals surface area contributed by atoms with E-state index in [1.165, 1.54) is 11.1 Å².